The van der Waals surface area contributed by atoms with E-state index >= 15 is 0 Å². The van der Waals surface area contributed by atoms with Crippen molar-refractivity contribution >= 4 is 145 Å². The van der Waals surface area contributed by atoms with Gasteiger partial charge in [0.15, 0.2) is 11.6 Å². The summed E-state index contributed by atoms with van der Waals surface area (Å²) in [6.07, 6.45) is 13.2. The largest absolute Gasteiger partial charge is 0.454 e. The van der Waals surface area contributed by atoms with E-state index in [-0.39, 0.29) is 74.4 Å². The van der Waals surface area contributed by atoms with Crippen LogP contribution in [0, 0.1) is 29.1 Å². The number of nitrogens with zero attached hydrogens (tertiary/aromatic N) is 12. The van der Waals surface area contributed by atoms with Crippen LogP contribution in [0.5, 0.6) is 11.5 Å². The molecule has 17 N–H and O–H groups in total. The summed E-state index contributed by atoms with van der Waals surface area (Å²) in [6, 6.07) is 40.7. The zero-order valence-corrected chi connectivity index (χ0v) is 54.0. The lowest BCUT2D eigenvalue weighted by molar-refractivity contribution is 0.447. The Kier molecular flexibility index (Phi) is 23.0. The normalized spacial score (nSPS) is 10.6. The second kappa shape index (κ2) is 32.8. The van der Waals surface area contributed by atoms with E-state index < -0.39 is 17.5 Å². The van der Waals surface area contributed by atoms with Gasteiger partial charge in [0.25, 0.3) is 0 Å². The number of anilines is 15. The Balaban J connectivity index is 0.000000142. The van der Waals surface area contributed by atoms with Crippen molar-refractivity contribution in [2.24, 2.45) is 0 Å². The standard InChI is InChI=1S/C19H15FN6O.C16H15FN6S.C15H10ClF2N5S.C15H13FN6S/c20-14-8-12(24-18-9-17(21)25-19(22)26-18)4-5-16(14)27-15-3-1-2-11-10-23-7-6-13(11)15;1-19-14-9-15(23-16(18)22-14)21-10-2-3-13(12(17)8-10)24-11-4-6-20-7-5-11;16-12-7-13(23-15(19)22-12)21-8-5-10(17)14(11(18)6-8)24-9-1-3-20-4-2-9;16-11-7-9(20-14-8-13(17)21-15(18)22-14)1-2-12(11)23-10-3-5-19-6-4-10/h1-10H,(H5,21,22,24,25,26);2-9H,1H3,(H4,18,19,21,22,23);1-7H,(H3,19,21,22,23);1-8H,(H5,17,18,20,21,22). The summed E-state index contributed by atoms with van der Waals surface area (Å²) in [6.45, 7) is 0. The third-order valence-electron chi connectivity index (χ3n) is 12.6. The summed E-state index contributed by atoms with van der Waals surface area (Å²) in [7, 11) is 1.73. The van der Waals surface area contributed by atoms with Crippen molar-refractivity contribution in [2.45, 2.75) is 29.4 Å². The van der Waals surface area contributed by atoms with E-state index in [4.69, 9.17) is 50.7 Å². The molecule has 0 aliphatic carbocycles. The number of aromatic nitrogens is 12. The molecule has 33 heteroatoms. The number of rotatable bonds is 17. The fourth-order valence-corrected chi connectivity index (χ4v) is 11.1. The first-order chi connectivity index (χ1) is 47.3. The molecule has 8 aromatic heterocycles. The molecule has 13 aromatic rings. The predicted octanol–water partition coefficient (Wildman–Crippen LogP) is 14.7. The highest BCUT2D eigenvalue weighted by atomic mass is 35.5. The summed E-state index contributed by atoms with van der Waals surface area (Å²) in [5.74, 6) is 0.770. The Morgan fingerprint density at radius 3 is 1.28 bits per heavy atom. The molecular formula is C65H53ClF5N23OS3. The van der Waals surface area contributed by atoms with Crippen LogP contribution in [-0.2, 0) is 0 Å². The second-order valence-electron chi connectivity index (χ2n) is 19.8. The van der Waals surface area contributed by atoms with Crippen LogP contribution in [0.15, 0.2) is 231 Å². The van der Waals surface area contributed by atoms with Gasteiger partial charge < -0.3 is 65.7 Å². The first-order valence-corrected chi connectivity index (χ1v) is 31.3. The van der Waals surface area contributed by atoms with E-state index in [0.29, 0.717) is 60.8 Å². The third kappa shape index (κ3) is 20.0. The quantitative estimate of drug-likeness (QED) is 0.0298. The molecule has 0 aliphatic rings. The number of fused-ring (bicyclic) bond motifs is 1. The molecule has 0 fully saturated rings. The molecule has 98 heavy (non-hydrogen) atoms. The van der Waals surface area contributed by atoms with Gasteiger partial charge in [-0.05, 0) is 109 Å². The maximum atomic E-state index is 14.5. The van der Waals surface area contributed by atoms with Crippen molar-refractivity contribution < 1.29 is 26.7 Å². The minimum Gasteiger partial charge on any atom is -0.454 e. The maximum absolute atomic E-state index is 14.5. The van der Waals surface area contributed by atoms with Gasteiger partial charge in [-0.3, -0.25) is 19.9 Å². The molecule has 0 amide bonds. The Morgan fingerprint density at radius 2 is 0.796 bits per heavy atom. The number of nitrogens with two attached hydrogens (primary N) is 6. The first-order valence-electron chi connectivity index (χ1n) is 28.5. The van der Waals surface area contributed by atoms with Crippen LogP contribution < -0.4 is 65.7 Å². The third-order valence-corrected chi connectivity index (χ3v) is 16.0. The number of hydrogen-bond acceptors (Lipinski definition) is 27. The predicted molar refractivity (Wildman–Crippen MR) is 375 cm³/mol. The van der Waals surface area contributed by atoms with Crippen LogP contribution in [0.2, 0.25) is 5.15 Å². The summed E-state index contributed by atoms with van der Waals surface area (Å²) in [5.41, 5.74) is 35.2. The number of nitrogen functional groups attached to an aromatic ring is 6. The molecule has 0 bridgehead atoms. The lowest BCUT2D eigenvalue weighted by Crippen LogP contribution is -2.03. The summed E-state index contributed by atoms with van der Waals surface area (Å²) in [5, 5.41) is 16.4. The SMILES string of the molecule is CNc1cc(Nc2ccc(Sc3ccncc3)c(F)c2)nc(N)n1.Nc1cc(Nc2ccc(Oc3cccc4cnccc34)c(F)c2)nc(N)n1.Nc1cc(Nc2ccc(Sc3ccncc3)c(F)c2)nc(N)n1.Nc1nc(Cl)cc(Nc2cc(F)c(Sc3ccncc3)c(F)c2)n1. The van der Waals surface area contributed by atoms with Crippen LogP contribution in [0.4, 0.5) is 109 Å². The molecule has 0 saturated heterocycles. The van der Waals surface area contributed by atoms with E-state index in [2.05, 4.69) is 86.4 Å². The highest BCUT2D eigenvalue weighted by Crippen LogP contribution is 2.37. The number of ether oxygens (including phenoxy) is 1. The fourth-order valence-electron chi connectivity index (χ4n) is 8.45. The monoisotopic (exact) mass is 1400 g/mol. The van der Waals surface area contributed by atoms with Gasteiger partial charge in [-0.15, -0.1) is 0 Å². The van der Waals surface area contributed by atoms with E-state index in [9.17, 15) is 22.0 Å². The van der Waals surface area contributed by atoms with Crippen LogP contribution in [0.25, 0.3) is 10.8 Å². The van der Waals surface area contributed by atoms with Crippen molar-refractivity contribution in [3.63, 3.8) is 0 Å². The van der Waals surface area contributed by atoms with Gasteiger partial charge in [-0.1, -0.05) is 59.0 Å². The zero-order chi connectivity index (χ0) is 69.1. The number of pyridine rings is 4. The Morgan fingerprint density at radius 1 is 0.378 bits per heavy atom. The molecule has 13 rings (SSSR count). The topological polar surface area (TPSA) is 380 Å². The van der Waals surface area contributed by atoms with E-state index in [1.54, 1.807) is 111 Å². The smallest absolute Gasteiger partial charge is 0.223 e. The number of halogens is 6. The molecule has 0 atom stereocenters. The lowest BCUT2D eigenvalue weighted by atomic mass is 10.1. The number of benzene rings is 5. The molecule has 0 radical (unpaired) electrons. The minimum absolute atomic E-state index is 0.0309. The van der Waals surface area contributed by atoms with Gasteiger partial charge in [-0.25, -0.2) is 26.9 Å². The van der Waals surface area contributed by atoms with Crippen molar-refractivity contribution in [1.29, 1.82) is 0 Å². The highest BCUT2D eigenvalue weighted by molar-refractivity contribution is 7.99. The average Bonchev–Trinajstić information content (AvgIpc) is 0.858. The molecule has 5 aromatic carbocycles. The highest BCUT2D eigenvalue weighted by Gasteiger charge is 2.16. The van der Waals surface area contributed by atoms with Gasteiger partial charge >= 0.3 is 0 Å². The first kappa shape index (κ1) is 68.7. The zero-order valence-electron chi connectivity index (χ0n) is 50.8. The molecule has 0 aliphatic heterocycles. The van der Waals surface area contributed by atoms with Crippen LogP contribution in [0.1, 0.15) is 0 Å². The molecule has 0 unspecified atom stereocenters. The van der Waals surface area contributed by atoms with Gasteiger partial charge in [0.1, 0.15) is 74.9 Å². The van der Waals surface area contributed by atoms with Crippen molar-refractivity contribution in [2.75, 3.05) is 68.0 Å². The van der Waals surface area contributed by atoms with E-state index in [0.717, 1.165) is 32.3 Å². The molecular weight excluding hydrogens is 1350 g/mol. The maximum Gasteiger partial charge on any atom is 0.223 e. The Hall–Kier alpha value is -12.1. The number of hydrogen-bond donors (Lipinski definition) is 11. The molecule has 0 saturated carbocycles. The van der Waals surface area contributed by atoms with E-state index in [1.807, 2.05) is 42.5 Å². The van der Waals surface area contributed by atoms with Crippen molar-refractivity contribution in [1.82, 2.24) is 59.8 Å². The van der Waals surface area contributed by atoms with E-state index in [1.165, 1.54) is 78.1 Å². The van der Waals surface area contributed by atoms with Gasteiger partial charge in [0.05, 0.1) is 4.90 Å². The van der Waals surface area contributed by atoms with Gasteiger partial charge in [-0.2, -0.15) is 34.9 Å². The number of nitrogens with one attached hydrogen (secondary N) is 5. The minimum atomic E-state index is -0.701. The van der Waals surface area contributed by atoms with Crippen molar-refractivity contribution in [3.05, 3.63) is 235 Å². The van der Waals surface area contributed by atoms with Crippen LogP contribution in [0.3, 0.4) is 0 Å². The average molecular weight is 1400 g/mol. The summed E-state index contributed by atoms with van der Waals surface area (Å²) in [4.78, 5) is 50.5. The fraction of sp³-hybridized carbons (Fsp3) is 0.0154. The lowest BCUT2D eigenvalue weighted by Gasteiger charge is -2.11. The molecule has 0 spiro atoms. The Labute approximate surface area is 572 Å². The summed E-state index contributed by atoms with van der Waals surface area (Å²) >= 11 is 9.41. The summed E-state index contributed by atoms with van der Waals surface area (Å²) < 4.78 is 77.4. The van der Waals surface area contributed by atoms with Crippen LogP contribution in [-0.4, -0.2) is 66.9 Å². The second-order valence-corrected chi connectivity index (χ2v) is 23.5. The van der Waals surface area contributed by atoms with Gasteiger partial charge in [0, 0.05) is 145 Å². The van der Waals surface area contributed by atoms with Gasteiger partial charge in [0.2, 0.25) is 23.8 Å². The molecule has 8 heterocycles. The Bertz CT molecular complexity index is 4820. The molecule has 494 valence electrons. The van der Waals surface area contributed by atoms with Crippen LogP contribution >= 0.6 is 46.9 Å². The molecule has 24 nitrogen and oxygen atoms in total. The van der Waals surface area contributed by atoms with Crippen molar-refractivity contribution in [3.8, 4) is 11.5 Å².